The highest BCUT2D eigenvalue weighted by Crippen LogP contribution is 2.46. The van der Waals surface area contributed by atoms with Crippen molar-refractivity contribution in [1.29, 1.82) is 0 Å². The first-order valence-corrected chi connectivity index (χ1v) is 12.2. The van der Waals surface area contributed by atoms with Gasteiger partial charge in [-0.3, -0.25) is 4.79 Å². The Morgan fingerprint density at radius 2 is 1.94 bits per heavy atom. The van der Waals surface area contributed by atoms with Crippen molar-refractivity contribution in [2.45, 2.75) is 47.1 Å². The lowest BCUT2D eigenvalue weighted by Gasteiger charge is -2.39. The van der Waals surface area contributed by atoms with Crippen LogP contribution in [0.5, 0.6) is 10.9 Å². The number of hydrogen-bond donors (Lipinski definition) is 0. The summed E-state index contributed by atoms with van der Waals surface area (Å²) in [5.41, 5.74) is 3.32. The van der Waals surface area contributed by atoms with Crippen LogP contribution in [0.15, 0.2) is 35.4 Å². The smallest absolute Gasteiger partial charge is 0.343 e. The van der Waals surface area contributed by atoms with Gasteiger partial charge in [0.25, 0.3) is 5.19 Å². The first-order chi connectivity index (χ1) is 16.2. The highest BCUT2D eigenvalue weighted by molar-refractivity contribution is 7.16. The maximum atomic E-state index is 12.9. The molecular weight excluding hydrogens is 452 g/mol. The largest absolute Gasteiger partial charge is 0.496 e. The third kappa shape index (κ3) is 4.34. The number of hydrogen-bond acceptors (Lipinski definition) is 7. The molecule has 34 heavy (non-hydrogen) atoms. The van der Waals surface area contributed by atoms with Crippen molar-refractivity contribution in [2.24, 2.45) is 5.41 Å². The second kappa shape index (κ2) is 9.25. The Kier molecular flexibility index (Phi) is 6.53. The summed E-state index contributed by atoms with van der Waals surface area (Å²) >= 11 is 1.47. The molecule has 0 amide bonds. The molecule has 1 aliphatic heterocycles. The van der Waals surface area contributed by atoms with E-state index >= 15 is 0 Å². The summed E-state index contributed by atoms with van der Waals surface area (Å²) in [7, 11) is 1.63. The molecule has 0 spiro atoms. The van der Waals surface area contributed by atoms with Crippen LogP contribution in [0.4, 0.5) is 0 Å². The third-order valence-corrected chi connectivity index (χ3v) is 6.99. The number of nitrogens with zero attached hydrogens (tertiary/aromatic N) is 2. The van der Waals surface area contributed by atoms with Crippen LogP contribution in [0.25, 0.3) is 21.7 Å². The van der Waals surface area contributed by atoms with Gasteiger partial charge in [-0.05, 0) is 43.4 Å². The van der Waals surface area contributed by atoms with E-state index < -0.39 is 5.97 Å². The number of fused-ring (bicyclic) bond motifs is 3. The van der Waals surface area contributed by atoms with Crippen molar-refractivity contribution in [3.05, 3.63) is 51.9 Å². The molecule has 0 fully saturated rings. The summed E-state index contributed by atoms with van der Waals surface area (Å²) in [4.78, 5) is 30.7. The van der Waals surface area contributed by atoms with Gasteiger partial charge in [-0.2, -0.15) is 0 Å². The minimum atomic E-state index is -0.593. The van der Waals surface area contributed by atoms with Gasteiger partial charge in [0.2, 0.25) is 0 Å². The molecule has 0 saturated carbocycles. The van der Waals surface area contributed by atoms with Crippen LogP contribution in [-0.4, -0.2) is 35.8 Å². The monoisotopic (exact) mass is 482 g/mol. The number of thiazole rings is 1. The fraction of sp³-hybridized carbons (Fsp3) is 0.423. The van der Waals surface area contributed by atoms with E-state index in [0.717, 1.165) is 33.7 Å². The zero-order chi connectivity index (χ0) is 24.6. The molecule has 1 aliphatic rings. The standard InChI is InChI=1S/C26H30N2O5S/c1-7-32-24(30)18-14-28-19(12-20(18)29)16-11-21(31-6)17(22-13-27-25(34-22)33-8-2)9-15(16)10-23(28)26(3,4)5/h9,11-14,23H,7-8,10H2,1-6H3. The fourth-order valence-corrected chi connectivity index (χ4v) is 5.23. The van der Waals surface area contributed by atoms with Gasteiger partial charge in [-0.1, -0.05) is 32.1 Å². The van der Waals surface area contributed by atoms with Gasteiger partial charge < -0.3 is 18.8 Å². The Bertz CT molecular complexity index is 1290. The molecule has 1 aromatic carbocycles. The van der Waals surface area contributed by atoms with E-state index in [1.54, 1.807) is 32.5 Å². The summed E-state index contributed by atoms with van der Waals surface area (Å²) in [5.74, 6) is 0.0950. The lowest BCUT2D eigenvalue weighted by molar-refractivity contribution is 0.0523. The quantitative estimate of drug-likeness (QED) is 0.440. The lowest BCUT2D eigenvalue weighted by Crippen LogP contribution is -2.33. The van der Waals surface area contributed by atoms with Crippen molar-refractivity contribution < 1.29 is 19.0 Å². The van der Waals surface area contributed by atoms with Crippen molar-refractivity contribution in [2.75, 3.05) is 20.3 Å². The normalized spacial score (nSPS) is 14.8. The first-order valence-electron chi connectivity index (χ1n) is 11.4. The third-order valence-electron chi connectivity index (χ3n) is 6.04. The predicted octanol–water partition coefficient (Wildman–Crippen LogP) is 5.37. The first kappa shape index (κ1) is 24.0. The summed E-state index contributed by atoms with van der Waals surface area (Å²) < 4.78 is 18.5. The second-order valence-electron chi connectivity index (χ2n) is 9.28. The van der Waals surface area contributed by atoms with Crippen molar-refractivity contribution in [3.63, 3.8) is 0 Å². The minimum absolute atomic E-state index is 0.0328. The van der Waals surface area contributed by atoms with Crippen molar-refractivity contribution in [1.82, 2.24) is 9.55 Å². The molecule has 3 heterocycles. The predicted molar refractivity (Wildman–Crippen MR) is 133 cm³/mol. The van der Waals surface area contributed by atoms with E-state index in [-0.39, 0.29) is 29.1 Å². The molecule has 0 saturated heterocycles. The van der Waals surface area contributed by atoms with Crippen LogP contribution in [0, 0.1) is 5.41 Å². The van der Waals surface area contributed by atoms with Crippen LogP contribution < -0.4 is 14.9 Å². The Hall–Kier alpha value is -3.13. The summed E-state index contributed by atoms with van der Waals surface area (Å²) in [6.07, 6.45) is 4.20. The maximum Gasteiger partial charge on any atom is 0.343 e. The molecule has 8 heteroatoms. The zero-order valence-corrected chi connectivity index (χ0v) is 21.2. The molecular formula is C26H30N2O5S. The van der Waals surface area contributed by atoms with E-state index in [1.807, 2.05) is 13.0 Å². The Balaban J connectivity index is 1.91. The number of esters is 1. The van der Waals surface area contributed by atoms with E-state index in [0.29, 0.717) is 17.6 Å². The number of aromatic nitrogens is 2. The number of rotatable bonds is 6. The van der Waals surface area contributed by atoms with Gasteiger partial charge in [-0.25, -0.2) is 9.78 Å². The van der Waals surface area contributed by atoms with E-state index in [1.165, 1.54) is 11.3 Å². The fourth-order valence-electron chi connectivity index (χ4n) is 4.38. The molecule has 0 aliphatic carbocycles. The van der Waals surface area contributed by atoms with Crippen molar-refractivity contribution in [3.8, 4) is 32.6 Å². The van der Waals surface area contributed by atoms with Crippen LogP contribution in [0.2, 0.25) is 0 Å². The van der Waals surface area contributed by atoms with E-state index in [4.69, 9.17) is 14.2 Å². The number of ether oxygens (including phenoxy) is 3. The van der Waals surface area contributed by atoms with Gasteiger partial charge in [0.1, 0.15) is 11.3 Å². The molecule has 180 valence electrons. The van der Waals surface area contributed by atoms with Crippen LogP contribution >= 0.6 is 11.3 Å². The van der Waals surface area contributed by atoms with Crippen LogP contribution in [0.3, 0.4) is 0 Å². The molecule has 2 aromatic heterocycles. The molecule has 0 radical (unpaired) electrons. The highest BCUT2D eigenvalue weighted by atomic mass is 32.1. The average molecular weight is 483 g/mol. The number of benzene rings is 1. The molecule has 1 unspecified atom stereocenters. The summed E-state index contributed by atoms with van der Waals surface area (Å²) in [6, 6.07) is 5.68. The SMILES string of the molecule is CCOC(=O)c1cn2c(cc1=O)-c1cc(OC)c(-c3cnc(OCC)s3)cc1CC2C(C)(C)C. The van der Waals surface area contributed by atoms with Crippen LogP contribution in [0.1, 0.15) is 56.6 Å². The van der Waals surface area contributed by atoms with Gasteiger partial charge >= 0.3 is 5.97 Å². The molecule has 0 bridgehead atoms. The molecule has 1 atom stereocenters. The van der Waals surface area contributed by atoms with E-state index in [2.05, 4.69) is 36.4 Å². The number of pyridine rings is 1. The number of methoxy groups -OCH3 is 1. The number of carbonyl (C=O) groups excluding carboxylic acids is 1. The lowest BCUT2D eigenvalue weighted by atomic mass is 9.78. The molecule has 3 aromatic rings. The van der Waals surface area contributed by atoms with Gasteiger partial charge in [0, 0.05) is 35.6 Å². The van der Waals surface area contributed by atoms with Crippen LogP contribution in [-0.2, 0) is 11.2 Å². The second-order valence-corrected chi connectivity index (χ2v) is 10.3. The Morgan fingerprint density at radius 3 is 2.59 bits per heavy atom. The van der Waals surface area contributed by atoms with Gasteiger partial charge in [0.15, 0.2) is 5.43 Å². The number of carbonyl (C=O) groups is 1. The average Bonchev–Trinajstić information content (AvgIpc) is 3.25. The van der Waals surface area contributed by atoms with E-state index in [9.17, 15) is 9.59 Å². The van der Waals surface area contributed by atoms with Gasteiger partial charge in [0.05, 0.1) is 30.9 Å². The molecule has 0 N–H and O–H groups in total. The van der Waals surface area contributed by atoms with Gasteiger partial charge in [-0.15, -0.1) is 0 Å². The highest BCUT2D eigenvalue weighted by Gasteiger charge is 2.34. The summed E-state index contributed by atoms with van der Waals surface area (Å²) in [6.45, 7) is 10.9. The topological polar surface area (TPSA) is 79.7 Å². The molecule has 7 nitrogen and oxygen atoms in total. The Morgan fingerprint density at radius 1 is 1.18 bits per heavy atom. The molecule has 4 rings (SSSR count). The summed E-state index contributed by atoms with van der Waals surface area (Å²) in [5, 5.41) is 0.619. The zero-order valence-electron chi connectivity index (χ0n) is 20.4. The maximum absolute atomic E-state index is 12.9. The van der Waals surface area contributed by atoms with Crippen molar-refractivity contribution >= 4 is 17.3 Å². The minimum Gasteiger partial charge on any atom is -0.496 e. The Labute approximate surface area is 203 Å².